The predicted molar refractivity (Wildman–Crippen MR) is 154 cm³/mol. The smallest absolute Gasteiger partial charge is 0.267 e. The van der Waals surface area contributed by atoms with Crippen LogP contribution in [0.15, 0.2) is 41.6 Å². The minimum Gasteiger partial charge on any atom is -0.470 e. The van der Waals surface area contributed by atoms with Gasteiger partial charge in [-0.15, -0.1) is 0 Å². The zero-order valence-electron chi connectivity index (χ0n) is 24.1. The maximum absolute atomic E-state index is 13.1. The summed E-state index contributed by atoms with van der Waals surface area (Å²) in [6.07, 6.45) is 4.39. The van der Waals surface area contributed by atoms with Gasteiger partial charge in [0, 0.05) is 24.9 Å². The molecule has 1 aromatic carbocycles. The van der Waals surface area contributed by atoms with Gasteiger partial charge in [-0.2, -0.15) is 10.1 Å². The van der Waals surface area contributed by atoms with Crippen LogP contribution in [0.4, 0.5) is 5.95 Å². The number of aryl methyl sites for hydroxylation is 3. The molecule has 3 aromatic rings. The summed E-state index contributed by atoms with van der Waals surface area (Å²) in [5.74, 6) is 0.223. The predicted octanol–water partition coefficient (Wildman–Crippen LogP) is 3.39. The van der Waals surface area contributed by atoms with Crippen LogP contribution >= 0.6 is 0 Å². The van der Waals surface area contributed by atoms with E-state index in [-0.39, 0.29) is 34.8 Å². The summed E-state index contributed by atoms with van der Waals surface area (Å²) in [4.78, 5) is 26.0. The number of carbonyl (C=O) groups excluding carboxylic acids is 1. The summed E-state index contributed by atoms with van der Waals surface area (Å²) in [7, 11) is -2.33. The van der Waals surface area contributed by atoms with E-state index in [0.717, 1.165) is 42.6 Å². The second-order valence-corrected chi connectivity index (χ2v) is 12.0. The average molecular weight is 570 g/mol. The number of rotatable bonds is 12. The van der Waals surface area contributed by atoms with Crippen molar-refractivity contribution in [3.8, 4) is 17.1 Å². The molecule has 11 nitrogen and oxygen atoms in total. The third-order valence-electron chi connectivity index (χ3n) is 7.03. The fourth-order valence-corrected chi connectivity index (χ4v) is 5.88. The summed E-state index contributed by atoms with van der Waals surface area (Å²) in [6.45, 7) is 12.8. The Hall–Kier alpha value is -3.51. The largest absolute Gasteiger partial charge is 0.470 e. The number of ether oxygens (including phenoxy) is 1. The third-order valence-corrected chi connectivity index (χ3v) is 8.31. The van der Waals surface area contributed by atoms with E-state index in [4.69, 9.17) is 4.74 Å². The molecule has 0 radical (unpaired) electrons. The van der Waals surface area contributed by atoms with Crippen molar-refractivity contribution >= 4 is 21.9 Å². The molecule has 3 heterocycles. The van der Waals surface area contributed by atoms with Gasteiger partial charge in [0.2, 0.25) is 17.7 Å². The number of sulfonamides is 1. The number of anilines is 1. The van der Waals surface area contributed by atoms with E-state index in [1.807, 2.05) is 39.0 Å². The summed E-state index contributed by atoms with van der Waals surface area (Å²) in [6, 6.07) is 7.43. The Labute approximate surface area is 236 Å². The van der Waals surface area contributed by atoms with E-state index in [1.165, 1.54) is 17.1 Å². The molecule has 4 rings (SSSR count). The molecule has 0 bridgehead atoms. The van der Waals surface area contributed by atoms with Crippen LogP contribution in [0, 0.1) is 13.8 Å². The highest BCUT2D eigenvalue weighted by Crippen LogP contribution is 2.30. The average Bonchev–Trinajstić information content (AvgIpc) is 3.32. The molecule has 0 saturated carbocycles. The van der Waals surface area contributed by atoms with Crippen LogP contribution in [0.1, 0.15) is 44.7 Å². The minimum atomic E-state index is -3.97. The van der Waals surface area contributed by atoms with E-state index in [9.17, 15) is 13.2 Å². The van der Waals surface area contributed by atoms with Crippen molar-refractivity contribution in [1.82, 2.24) is 29.5 Å². The Morgan fingerprint density at radius 3 is 2.38 bits per heavy atom. The van der Waals surface area contributed by atoms with Crippen LogP contribution in [0.25, 0.3) is 11.3 Å². The number of benzene rings is 1. The summed E-state index contributed by atoms with van der Waals surface area (Å²) in [5, 5.41) is 3.95. The number of carbonyl (C=O) groups is 1. The maximum Gasteiger partial charge on any atom is 0.267 e. The van der Waals surface area contributed by atoms with Crippen LogP contribution in [-0.2, 0) is 21.9 Å². The molecule has 0 unspecified atom stereocenters. The van der Waals surface area contributed by atoms with Crippen LogP contribution in [0.2, 0.25) is 0 Å². The minimum absolute atomic E-state index is 0.000926. The van der Waals surface area contributed by atoms with E-state index >= 15 is 0 Å². The quantitative estimate of drug-likeness (QED) is 0.352. The summed E-state index contributed by atoms with van der Waals surface area (Å²) >= 11 is 0. The van der Waals surface area contributed by atoms with Gasteiger partial charge in [0.1, 0.15) is 11.0 Å². The molecule has 0 aliphatic carbocycles. The van der Waals surface area contributed by atoms with E-state index in [2.05, 4.69) is 38.5 Å². The molecule has 1 aliphatic heterocycles. The fraction of sp³-hybridized carbons (Fsp3) is 0.500. The van der Waals surface area contributed by atoms with Gasteiger partial charge in [0.05, 0.1) is 31.0 Å². The zero-order valence-corrected chi connectivity index (χ0v) is 24.9. The van der Waals surface area contributed by atoms with Crippen molar-refractivity contribution in [2.45, 2.75) is 64.5 Å². The Bertz CT molecular complexity index is 1420. The van der Waals surface area contributed by atoms with Gasteiger partial charge in [-0.1, -0.05) is 32.0 Å². The molecular formula is C28H39N7O4S. The Kier molecular flexibility index (Phi) is 9.09. The van der Waals surface area contributed by atoms with Gasteiger partial charge in [-0.25, -0.2) is 18.1 Å². The van der Waals surface area contributed by atoms with Gasteiger partial charge < -0.3 is 9.64 Å². The fourth-order valence-electron chi connectivity index (χ4n) is 4.95. The van der Waals surface area contributed by atoms with Gasteiger partial charge >= 0.3 is 0 Å². The van der Waals surface area contributed by atoms with Crippen molar-refractivity contribution in [2.24, 2.45) is 7.05 Å². The Balaban J connectivity index is 1.55. The highest BCUT2D eigenvalue weighted by molar-refractivity contribution is 7.92. The van der Waals surface area contributed by atoms with E-state index < -0.39 is 10.0 Å². The second-order valence-electron chi connectivity index (χ2n) is 10.3. The van der Waals surface area contributed by atoms with E-state index in [1.54, 1.807) is 18.0 Å². The molecule has 1 N–H and O–H groups in total. The normalized spacial score (nSPS) is 14.7. The molecule has 1 atom stereocenters. The number of hydrogen-bond acceptors (Lipinski definition) is 8. The zero-order chi connectivity index (χ0) is 29.0. The van der Waals surface area contributed by atoms with Crippen LogP contribution in [0.5, 0.6) is 5.88 Å². The summed E-state index contributed by atoms with van der Waals surface area (Å²) in [5.41, 5.74) is 3.40. The van der Waals surface area contributed by atoms with Crippen LogP contribution in [-0.4, -0.2) is 82.2 Å². The second kappa shape index (κ2) is 12.3. The van der Waals surface area contributed by atoms with Crippen molar-refractivity contribution in [2.75, 3.05) is 30.9 Å². The molecule has 2 aromatic heterocycles. The SMILES string of the molecule is CCCN(CCC)[C@H](C)C(=O)N1CC(Oc2cc(-c3c(C)cccc3C)nc(NS(=O)(=O)c3cnn(C)c3)n2)C1. The molecule has 0 spiro atoms. The topological polar surface area (TPSA) is 123 Å². The van der Waals surface area contributed by atoms with Gasteiger partial charge in [0.15, 0.2) is 0 Å². The van der Waals surface area contributed by atoms with E-state index in [0.29, 0.717) is 18.8 Å². The first kappa shape index (κ1) is 29.5. The number of amides is 1. The first-order chi connectivity index (χ1) is 19.0. The molecule has 216 valence electrons. The molecule has 1 aliphatic rings. The number of nitrogens with zero attached hydrogens (tertiary/aromatic N) is 6. The number of likely N-dealkylation sites (tertiary alicyclic amines) is 1. The Morgan fingerprint density at radius 2 is 1.80 bits per heavy atom. The van der Waals surface area contributed by atoms with Crippen LogP contribution in [0.3, 0.4) is 0 Å². The highest BCUT2D eigenvalue weighted by atomic mass is 32.2. The molecule has 1 saturated heterocycles. The van der Waals surface area contributed by atoms with Crippen molar-refractivity contribution in [3.05, 3.63) is 47.8 Å². The standard InChI is InChI=1S/C28H39N7O4S/c1-7-12-34(13-8-2)21(5)27(36)35-16-22(17-35)39-25-14-24(26-19(3)10-9-11-20(26)4)30-28(31-25)32-40(37,38)23-15-29-33(6)18-23/h9-11,14-15,18,21-22H,7-8,12-13,16-17H2,1-6H3,(H,30,31,32)/t21-/m1/s1. The van der Waals surface area contributed by atoms with Crippen LogP contribution < -0.4 is 9.46 Å². The molecule has 1 amide bonds. The first-order valence-corrected chi connectivity index (χ1v) is 15.2. The molecule has 40 heavy (non-hydrogen) atoms. The van der Waals surface area contributed by atoms with Crippen molar-refractivity contribution in [3.63, 3.8) is 0 Å². The van der Waals surface area contributed by atoms with Crippen molar-refractivity contribution in [1.29, 1.82) is 0 Å². The van der Waals surface area contributed by atoms with Gasteiger partial charge in [-0.05, 0) is 57.8 Å². The summed E-state index contributed by atoms with van der Waals surface area (Å²) < 4.78 is 36.0. The molecular weight excluding hydrogens is 530 g/mol. The lowest BCUT2D eigenvalue weighted by Gasteiger charge is -2.41. The lowest BCUT2D eigenvalue weighted by atomic mass is 10.00. The third kappa shape index (κ3) is 6.61. The first-order valence-electron chi connectivity index (χ1n) is 13.7. The molecule has 12 heteroatoms. The lowest BCUT2D eigenvalue weighted by Crippen LogP contribution is -2.60. The Morgan fingerprint density at radius 1 is 1.15 bits per heavy atom. The molecule has 1 fully saturated rings. The highest BCUT2D eigenvalue weighted by Gasteiger charge is 2.36. The monoisotopic (exact) mass is 569 g/mol. The maximum atomic E-state index is 13.1. The van der Waals surface area contributed by atoms with Gasteiger partial charge in [-0.3, -0.25) is 14.4 Å². The lowest BCUT2D eigenvalue weighted by molar-refractivity contribution is -0.145. The number of hydrogen-bond donors (Lipinski definition) is 1. The number of aromatic nitrogens is 4. The number of nitrogens with one attached hydrogen (secondary N) is 1. The van der Waals surface area contributed by atoms with Crippen molar-refractivity contribution < 1.29 is 17.9 Å². The van der Waals surface area contributed by atoms with Gasteiger partial charge in [0.25, 0.3) is 10.0 Å².